The molecule has 3 nitrogen and oxygen atoms in total. The molecule has 1 heterocycles. The van der Waals surface area contributed by atoms with E-state index in [0.717, 1.165) is 11.5 Å². The van der Waals surface area contributed by atoms with Crippen molar-refractivity contribution in [1.29, 1.82) is 0 Å². The first-order chi connectivity index (χ1) is 5.36. The standard InChI is InChI=1S/C8H11NO2/c1-3-11-8-4-7(10-2)5-9-6-8/h4-6H,3H2,1-2H3. The molecule has 1 aromatic heterocycles. The minimum absolute atomic E-state index is 0.648. The Balaban J connectivity index is 2.74. The van der Waals surface area contributed by atoms with E-state index in [1.54, 1.807) is 25.6 Å². The number of methoxy groups -OCH3 is 1. The third-order valence-electron chi connectivity index (χ3n) is 1.23. The number of hydrogen-bond donors (Lipinski definition) is 0. The van der Waals surface area contributed by atoms with Crippen molar-refractivity contribution < 1.29 is 9.47 Å². The summed E-state index contributed by atoms with van der Waals surface area (Å²) < 4.78 is 10.2. The van der Waals surface area contributed by atoms with Crippen molar-refractivity contribution in [2.75, 3.05) is 13.7 Å². The van der Waals surface area contributed by atoms with Crippen LogP contribution in [0.4, 0.5) is 0 Å². The third kappa shape index (κ3) is 2.11. The average molecular weight is 153 g/mol. The van der Waals surface area contributed by atoms with Crippen LogP contribution in [0.1, 0.15) is 6.92 Å². The molecule has 0 saturated heterocycles. The first-order valence-electron chi connectivity index (χ1n) is 3.48. The van der Waals surface area contributed by atoms with Crippen LogP contribution in [0.2, 0.25) is 0 Å². The van der Waals surface area contributed by atoms with Gasteiger partial charge in [-0.3, -0.25) is 4.98 Å². The van der Waals surface area contributed by atoms with Gasteiger partial charge in [-0.15, -0.1) is 0 Å². The summed E-state index contributed by atoms with van der Waals surface area (Å²) in [5, 5.41) is 0. The molecule has 0 amide bonds. The zero-order chi connectivity index (χ0) is 8.10. The number of pyridine rings is 1. The van der Waals surface area contributed by atoms with Crippen molar-refractivity contribution >= 4 is 0 Å². The second-order valence-corrected chi connectivity index (χ2v) is 1.99. The maximum atomic E-state index is 5.21. The van der Waals surface area contributed by atoms with Crippen LogP contribution in [-0.4, -0.2) is 18.7 Å². The number of aromatic nitrogens is 1. The molecule has 0 aliphatic carbocycles. The van der Waals surface area contributed by atoms with Gasteiger partial charge in [-0.25, -0.2) is 0 Å². The first-order valence-corrected chi connectivity index (χ1v) is 3.48. The monoisotopic (exact) mass is 153 g/mol. The minimum Gasteiger partial charge on any atom is -0.495 e. The summed E-state index contributed by atoms with van der Waals surface area (Å²) in [4.78, 5) is 3.92. The van der Waals surface area contributed by atoms with Gasteiger partial charge < -0.3 is 9.47 Å². The summed E-state index contributed by atoms with van der Waals surface area (Å²) in [6.07, 6.45) is 3.30. The normalized spacial score (nSPS) is 9.27. The molecule has 0 spiro atoms. The highest BCUT2D eigenvalue weighted by molar-refractivity contribution is 5.27. The molecule has 0 saturated carbocycles. The van der Waals surface area contributed by atoms with Gasteiger partial charge in [0.05, 0.1) is 26.1 Å². The van der Waals surface area contributed by atoms with Crippen LogP contribution in [-0.2, 0) is 0 Å². The fourth-order valence-corrected chi connectivity index (χ4v) is 0.756. The largest absolute Gasteiger partial charge is 0.495 e. The summed E-state index contributed by atoms with van der Waals surface area (Å²) in [5.74, 6) is 1.46. The van der Waals surface area contributed by atoms with Crippen LogP contribution in [0.25, 0.3) is 0 Å². The topological polar surface area (TPSA) is 31.4 Å². The van der Waals surface area contributed by atoms with Gasteiger partial charge in [0.15, 0.2) is 0 Å². The molecule has 1 rings (SSSR count). The molecule has 0 aliphatic heterocycles. The van der Waals surface area contributed by atoms with Crippen LogP contribution < -0.4 is 9.47 Å². The van der Waals surface area contributed by atoms with Gasteiger partial charge in [-0.1, -0.05) is 0 Å². The van der Waals surface area contributed by atoms with Crippen LogP contribution in [0.3, 0.4) is 0 Å². The molecular weight excluding hydrogens is 142 g/mol. The predicted molar refractivity (Wildman–Crippen MR) is 42.0 cm³/mol. The Hall–Kier alpha value is -1.25. The van der Waals surface area contributed by atoms with Gasteiger partial charge in [0.1, 0.15) is 11.5 Å². The molecule has 0 unspecified atom stereocenters. The third-order valence-corrected chi connectivity index (χ3v) is 1.23. The van der Waals surface area contributed by atoms with E-state index in [9.17, 15) is 0 Å². The van der Waals surface area contributed by atoms with Crippen molar-refractivity contribution in [1.82, 2.24) is 4.98 Å². The van der Waals surface area contributed by atoms with E-state index in [2.05, 4.69) is 4.98 Å². The zero-order valence-corrected chi connectivity index (χ0v) is 6.70. The minimum atomic E-state index is 0.648. The molecule has 0 aromatic carbocycles. The van der Waals surface area contributed by atoms with Crippen molar-refractivity contribution in [2.45, 2.75) is 6.92 Å². The van der Waals surface area contributed by atoms with Crippen LogP contribution in [0.15, 0.2) is 18.5 Å². The molecule has 0 fully saturated rings. The maximum absolute atomic E-state index is 5.21. The van der Waals surface area contributed by atoms with E-state index in [1.807, 2.05) is 6.92 Å². The lowest BCUT2D eigenvalue weighted by Crippen LogP contribution is -1.92. The number of nitrogens with zero attached hydrogens (tertiary/aromatic N) is 1. The molecule has 3 heteroatoms. The number of rotatable bonds is 3. The van der Waals surface area contributed by atoms with Gasteiger partial charge in [0.2, 0.25) is 0 Å². The van der Waals surface area contributed by atoms with E-state index < -0.39 is 0 Å². The molecule has 1 aromatic rings. The quantitative estimate of drug-likeness (QED) is 0.659. The van der Waals surface area contributed by atoms with E-state index in [0.29, 0.717) is 6.61 Å². The summed E-state index contributed by atoms with van der Waals surface area (Å²) in [6.45, 7) is 2.58. The lowest BCUT2D eigenvalue weighted by Gasteiger charge is -2.03. The Labute approximate surface area is 66.0 Å². The lowest BCUT2D eigenvalue weighted by molar-refractivity contribution is 0.334. The van der Waals surface area contributed by atoms with Gasteiger partial charge in [-0.2, -0.15) is 0 Å². The lowest BCUT2D eigenvalue weighted by atomic mass is 10.4. The Morgan fingerprint density at radius 2 is 2.09 bits per heavy atom. The van der Waals surface area contributed by atoms with Crippen LogP contribution in [0, 0.1) is 0 Å². The molecule has 11 heavy (non-hydrogen) atoms. The van der Waals surface area contributed by atoms with Crippen molar-refractivity contribution in [3.05, 3.63) is 18.5 Å². The summed E-state index contributed by atoms with van der Waals surface area (Å²) in [6, 6.07) is 1.80. The summed E-state index contributed by atoms with van der Waals surface area (Å²) in [7, 11) is 1.60. The Bertz CT molecular complexity index is 225. The number of ether oxygens (including phenoxy) is 2. The van der Waals surface area contributed by atoms with Crippen molar-refractivity contribution in [3.63, 3.8) is 0 Å². The highest BCUT2D eigenvalue weighted by Crippen LogP contribution is 2.16. The molecule has 0 radical (unpaired) electrons. The van der Waals surface area contributed by atoms with E-state index >= 15 is 0 Å². The maximum Gasteiger partial charge on any atom is 0.141 e. The fraction of sp³-hybridized carbons (Fsp3) is 0.375. The Kier molecular flexibility index (Phi) is 2.72. The highest BCUT2D eigenvalue weighted by atomic mass is 16.5. The molecule has 0 aliphatic rings. The van der Waals surface area contributed by atoms with Gasteiger partial charge in [0.25, 0.3) is 0 Å². The number of hydrogen-bond acceptors (Lipinski definition) is 3. The summed E-state index contributed by atoms with van der Waals surface area (Å²) in [5.41, 5.74) is 0. The van der Waals surface area contributed by atoms with Crippen LogP contribution in [0.5, 0.6) is 11.5 Å². The molecule has 0 bridgehead atoms. The second kappa shape index (κ2) is 3.81. The van der Waals surface area contributed by atoms with E-state index in [-0.39, 0.29) is 0 Å². The highest BCUT2D eigenvalue weighted by Gasteiger charge is 1.94. The second-order valence-electron chi connectivity index (χ2n) is 1.99. The molecule has 0 atom stereocenters. The van der Waals surface area contributed by atoms with E-state index in [1.165, 1.54) is 0 Å². The van der Waals surface area contributed by atoms with Gasteiger partial charge >= 0.3 is 0 Å². The Morgan fingerprint density at radius 3 is 2.73 bits per heavy atom. The van der Waals surface area contributed by atoms with Crippen LogP contribution >= 0.6 is 0 Å². The van der Waals surface area contributed by atoms with Gasteiger partial charge in [-0.05, 0) is 6.92 Å². The summed E-state index contributed by atoms with van der Waals surface area (Å²) >= 11 is 0. The molecular formula is C8H11NO2. The van der Waals surface area contributed by atoms with Gasteiger partial charge in [0, 0.05) is 6.07 Å². The zero-order valence-electron chi connectivity index (χ0n) is 6.70. The predicted octanol–water partition coefficient (Wildman–Crippen LogP) is 1.49. The van der Waals surface area contributed by atoms with Crippen molar-refractivity contribution in [2.24, 2.45) is 0 Å². The van der Waals surface area contributed by atoms with E-state index in [4.69, 9.17) is 9.47 Å². The smallest absolute Gasteiger partial charge is 0.141 e. The van der Waals surface area contributed by atoms with Crippen molar-refractivity contribution in [3.8, 4) is 11.5 Å². The average Bonchev–Trinajstić information content (AvgIpc) is 2.06. The fourth-order valence-electron chi connectivity index (χ4n) is 0.756. The Morgan fingerprint density at radius 1 is 1.36 bits per heavy atom. The SMILES string of the molecule is CCOc1cncc(OC)c1. The molecule has 0 N–H and O–H groups in total. The molecule has 60 valence electrons. The first kappa shape index (κ1) is 7.85.